The molecule has 2 atom stereocenters. The lowest BCUT2D eigenvalue weighted by Gasteiger charge is -2.20. The molecule has 0 aliphatic heterocycles. The third-order valence-electron chi connectivity index (χ3n) is 14.2. The molecule has 0 saturated heterocycles. The highest BCUT2D eigenvalue weighted by Gasteiger charge is 2.18. The van der Waals surface area contributed by atoms with Crippen LogP contribution in [-0.4, -0.2) is 34.9 Å². The maximum atomic E-state index is 12.5. The van der Waals surface area contributed by atoms with Crippen LogP contribution < -0.4 is 5.32 Å². The zero-order valence-electron chi connectivity index (χ0n) is 44.5. The van der Waals surface area contributed by atoms with Gasteiger partial charge in [-0.2, -0.15) is 0 Å². The van der Waals surface area contributed by atoms with Crippen molar-refractivity contribution >= 4 is 5.91 Å². The van der Waals surface area contributed by atoms with Crippen LogP contribution in [0.5, 0.6) is 0 Å². The number of amides is 1. The van der Waals surface area contributed by atoms with E-state index in [4.69, 9.17) is 0 Å². The van der Waals surface area contributed by atoms with Crippen molar-refractivity contribution < 1.29 is 15.0 Å². The Morgan fingerprint density at radius 2 is 0.585 bits per heavy atom. The molecular weight excluding hydrogens is 795 g/mol. The molecule has 1 amide bonds. The number of nitrogens with one attached hydrogen (secondary N) is 1. The van der Waals surface area contributed by atoms with Gasteiger partial charge < -0.3 is 15.5 Å². The van der Waals surface area contributed by atoms with E-state index < -0.39 is 12.1 Å². The van der Waals surface area contributed by atoms with Crippen LogP contribution in [0.25, 0.3) is 0 Å². The summed E-state index contributed by atoms with van der Waals surface area (Å²) >= 11 is 0. The number of hydrogen-bond donors (Lipinski definition) is 3. The number of allylic oxidation sites excluding steroid dienone is 3. The Balaban J connectivity index is 3.44. The molecule has 4 heteroatoms. The molecule has 3 N–H and O–H groups in total. The lowest BCUT2D eigenvalue weighted by atomic mass is 10.0. The fraction of sp³-hybridized carbons (Fsp3) is 0.918. The maximum Gasteiger partial charge on any atom is 0.220 e. The average Bonchev–Trinajstić information content (AvgIpc) is 3.31. The van der Waals surface area contributed by atoms with Gasteiger partial charge in [-0.3, -0.25) is 4.79 Å². The predicted octanol–water partition coefficient (Wildman–Crippen LogP) is 19.9. The molecule has 0 fully saturated rings. The van der Waals surface area contributed by atoms with Crippen LogP contribution in [0.15, 0.2) is 24.3 Å². The third kappa shape index (κ3) is 53.7. The first kappa shape index (κ1) is 63.9. The molecule has 2 unspecified atom stereocenters. The first-order valence-electron chi connectivity index (χ1n) is 30.1. The van der Waals surface area contributed by atoms with Crippen molar-refractivity contribution in [2.24, 2.45) is 0 Å². The Morgan fingerprint density at radius 3 is 0.846 bits per heavy atom. The van der Waals surface area contributed by atoms with Gasteiger partial charge in [-0.05, 0) is 44.9 Å². The van der Waals surface area contributed by atoms with E-state index in [0.717, 1.165) is 25.7 Å². The molecule has 0 saturated carbocycles. The Kier molecular flexibility index (Phi) is 56.2. The van der Waals surface area contributed by atoms with Gasteiger partial charge in [-0.15, -0.1) is 0 Å². The zero-order valence-corrected chi connectivity index (χ0v) is 44.5. The highest BCUT2D eigenvalue weighted by atomic mass is 16.3. The second-order valence-electron chi connectivity index (χ2n) is 20.8. The summed E-state index contributed by atoms with van der Waals surface area (Å²) in [5.41, 5.74) is 0. The minimum atomic E-state index is -0.838. The number of aliphatic hydroxyl groups excluding tert-OH is 2. The maximum absolute atomic E-state index is 12.5. The Hall–Kier alpha value is -1.13. The molecule has 386 valence electrons. The number of rotatable bonds is 56. The quantitative estimate of drug-likeness (QED) is 0.0421. The number of carbonyl (C=O) groups excluding carboxylic acids is 1. The molecule has 0 rings (SSSR count). The van der Waals surface area contributed by atoms with Crippen LogP contribution in [0, 0.1) is 0 Å². The Labute approximate surface area is 409 Å². The van der Waals surface area contributed by atoms with E-state index in [0.29, 0.717) is 6.42 Å². The van der Waals surface area contributed by atoms with Crippen molar-refractivity contribution in [3.63, 3.8) is 0 Å². The average molecular weight is 915 g/mol. The van der Waals surface area contributed by atoms with Gasteiger partial charge >= 0.3 is 0 Å². The predicted molar refractivity (Wildman–Crippen MR) is 290 cm³/mol. The van der Waals surface area contributed by atoms with Gasteiger partial charge in [-0.25, -0.2) is 0 Å². The van der Waals surface area contributed by atoms with E-state index in [1.807, 2.05) is 6.08 Å². The molecule has 4 nitrogen and oxygen atoms in total. The van der Waals surface area contributed by atoms with Gasteiger partial charge in [0.1, 0.15) is 0 Å². The molecule has 0 aromatic heterocycles. The SMILES string of the molecule is CCCCCCCCCC/C=C\CCCCCCCCCCCCCCCCCCCC(=O)NC(CO)C(O)/C=C/CCCCCCCCCCCCCCCCCCCCCCCC. The van der Waals surface area contributed by atoms with Crippen LogP contribution in [-0.2, 0) is 4.79 Å². The topological polar surface area (TPSA) is 69.6 Å². The van der Waals surface area contributed by atoms with Crippen molar-refractivity contribution in [2.75, 3.05) is 6.61 Å². The number of unbranched alkanes of at least 4 members (excludes halogenated alkanes) is 47. The summed E-state index contributed by atoms with van der Waals surface area (Å²) in [5.74, 6) is -0.0567. The van der Waals surface area contributed by atoms with E-state index in [1.165, 1.54) is 295 Å². The lowest BCUT2D eigenvalue weighted by molar-refractivity contribution is -0.123. The molecule has 65 heavy (non-hydrogen) atoms. The van der Waals surface area contributed by atoms with Crippen LogP contribution in [0.4, 0.5) is 0 Å². The molecule has 0 aromatic carbocycles. The summed E-state index contributed by atoms with van der Waals surface area (Å²) in [7, 11) is 0. The van der Waals surface area contributed by atoms with Gasteiger partial charge in [0.2, 0.25) is 5.91 Å². The van der Waals surface area contributed by atoms with Crippen molar-refractivity contribution in [3.8, 4) is 0 Å². The van der Waals surface area contributed by atoms with Crippen molar-refractivity contribution in [1.29, 1.82) is 0 Å². The van der Waals surface area contributed by atoms with Crippen molar-refractivity contribution in [3.05, 3.63) is 24.3 Å². The zero-order chi connectivity index (χ0) is 47.0. The molecule has 0 heterocycles. The lowest BCUT2D eigenvalue weighted by Crippen LogP contribution is -2.45. The van der Waals surface area contributed by atoms with Crippen LogP contribution >= 0.6 is 0 Å². The van der Waals surface area contributed by atoms with E-state index >= 15 is 0 Å². The highest BCUT2D eigenvalue weighted by molar-refractivity contribution is 5.76. The van der Waals surface area contributed by atoms with E-state index in [1.54, 1.807) is 6.08 Å². The molecule has 0 radical (unpaired) electrons. The van der Waals surface area contributed by atoms with Crippen molar-refractivity contribution in [1.82, 2.24) is 5.32 Å². The van der Waals surface area contributed by atoms with E-state index in [9.17, 15) is 15.0 Å². The summed E-state index contributed by atoms with van der Waals surface area (Å²) in [6.07, 6.45) is 76.4. The fourth-order valence-corrected chi connectivity index (χ4v) is 9.59. The van der Waals surface area contributed by atoms with E-state index in [2.05, 4.69) is 31.3 Å². The molecular formula is C61H119NO3. The second-order valence-corrected chi connectivity index (χ2v) is 20.8. The summed E-state index contributed by atoms with van der Waals surface area (Å²) in [6, 6.07) is -0.620. The fourth-order valence-electron chi connectivity index (χ4n) is 9.59. The van der Waals surface area contributed by atoms with E-state index in [-0.39, 0.29) is 12.5 Å². The first-order valence-corrected chi connectivity index (χ1v) is 30.1. The van der Waals surface area contributed by atoms with Crippen LogP contribution in [0.1, 0.15) is 341 Å². The Bertz CT molecular complexity index is 947. The molecule has 0 aliphatic rings. The van der Waals surface area contributed by atoms with Crippen molar-refractivity contribution in [2.45, 2.75) is 353 Å². The second kappa shape index (κ2) is 57.2. The summed E-state index contributed by atoms with van der Waals surface area (Å²) in [5, 5.41) is 23.2. The van der Waals surface area contributed by atoms with Gasteiger partial charge in [0.15, 0.2) is 0 Å². The van der Waals surface area contributed by atoms with Crippen LogP contribution in [0.3, 0.4) is 0 Å². The minimum Gasteiger partial charge on any atom is -0.394 e. The smallest absolute Gasteiger partial charge is 0.220 e. The molecule has 0 aliphatic carbocycles. The van der Waals surface area contributed by atoms with Gasteiger partial charge in [0, 0.05) is 6.42 Å². The van der Waals surface area contributed by atoms with Crippen LogP contribution in [0.2, 0.25) is 0 Å². The minimum absolute atomic E-state index is 0.0567. The monoisotopic (exact) mass is 914 g/mol. The molecule has 0 aromatic rings. The third-order valence-corrected chi connectivity index (χ3v) is 14.2. The highest BCUT2D eigenvalue weighted by Crippen LogP contribution is 2.18. The largest absolute Gasteiger partial charge is 0.394 e. The van der Waals surface area contributed by atoms with Gasteiger partial charge in [-0.1, -0.05) is 314 Å². The van der Waals surface area contributed by atoms with Gasteiger partial charge in [0.25, 0.3) is 0 Å². The standard InChI is InChI=1S/C61H119NO3/c1-3-5-7-9-11-13-15-17-19-21-23-25-27-29-30-31-32-33-35-37-39-41-43-45-47-49-51-53-55-57-61(65)62-59(58-63)60(64)56-54-52-50-48-46-44-42-40-38-36-34-28-26-24-22-20-18-16-14-12-10-8-6-4-2/h21,23,54,56,59-60,63-64H,3-20,22,24-53,55,57-58H2,1-2H3,(H,62,65)/b23-21-,56-54+. The number of hydrogen-bond acceptors (Lipinski definition) is 3. The molecule has 0 spiro atoms. The summed E-state index contributed by atoms with van der Waals surface area (Å²) in [6.45, 7) is 4.35. The number of aliphatic hydroxyl groups is 2. The summed E-state index contributed by atoms with van der Waals surface area (Å²) < 4.78 is 0. The first-order chi connectivity index (χ1) is 32.2. The molecule has 0 bridgehead atoms. The normalized spacial score (nSPS) is 12.9. The number of carbonyl (C=O) groups is 1. The Morgan fingerprint density at radius 1 is 0.354 bits per heavy atom. The summed E-state index contributed by atoms with van der Waals surface area (Å²) in [4.78, 5) is 12.5. The van der Waals surface area contributed by atoms with Gasteiger partial charge in [0.05, 0.1) is 18.8 Å².